The van der Waals surface area contributed by atoms with Gasteiger partial charge in [0.2, 0.25) is 11.8 Å². The van der Waals surface area contributed by atoms with E-state index in [9.17, 15) is 8.42 Å². The van der Waals surface area contributed by atoms with Crippen LogP contribution in [0.5, 0.6) is 11.5 Å². The molecule has 0 unspecified atom stereocenters. The highest BCUT2D eigenvalue weighted by Gasteiger charge is 2.24. The lowest BCUT2D eigenvalue weighted by Crippen LogP contribution is -2.07. The van der Waals surface area contributed by atoms with E-state index in [1.54, 1.807) is 13.0 Å². The van der Waals surface area contributed by atoms with Gasteiger partial charge in [0, 0.05) is 13.0 Å². The first-order chi connectivity index (χ1) is 9.46. The first-order valence-corrected chi connectivity index (χ1v) is 7.35. The molecule has 1 aromatic carbocycles. The number of sulfone groups is 1. The molecule has 0 saturated heterocycles. The molecule has 0 spiro atoms. The lowest BCUT2D eigenvalue weighted by atomic mass is 10.3. The maximum atomic E-state index is 12.4. The molecule has 0 atom stereocenters. The predicted molar refractivity (Wildman–Crippen MR) is 69.5 cm³/mol. The fraction of sp³-hybridized carbons (Fsp3) is 0.333. The summed E-state index contributed by atoms with van der Waals surface area (Å²) < 4.78 is 40.0. The third-order valence-corrected chi connectivity index (χ3v) is 4.20. The Bertz CT molecular complexity index is 708. The second kappa shape index (κ2) is 5.49. The second-order valence-electron chi connectivity index (χ2n) is 3.99. The van der Waals surface area contributed by atoms with Crippen molar-refractivity contribution < 1.29 is 22.3 Å². The third-order valence-electron chi connectivity index (χ3n) is 2.59. The summed E-state index contributed by atoms with van der Waals surface area (Å²) in [6.07, 6.45) is 0. The summed E-state index contributed by atoms with van der Waals surface area (Å²) in [6.45, 7) is 1.59. The first kappa shape index (κ1) is 14.3. The van der Waals surface area contributed by atoms with Crippen LogP contribution >= 0.6 is 0 Å². The molecule has 7 nitrogen and oxygen atoms in total. The molecule has 0 radical (unpaired) electrons. The summed E-state index contributed by atoms with van der Waals surface area (Å²) >= 11 is 0. The van der Waals surface area contributed by atoms with Crippen LogP contribution in [0, 0.1) is 6.92 Å². The van der Waals surface area contributed by atoms with E-state index in [1.807, 2.05) is 0 Å². The molecule has 0 aliphatic rings. The van der Waals surface area contributed by atoms with E-state index in [0.29, 0.717) is 11.6 Å². The number of rotatable bonds is 5. The summed E-state index contributed by atoms with van der Waals surface area (Å²) in [5.41, 5.74) is 0. The zero-order valence-corrected chi connectivity index (χ0v) is 12.1. The van der Waals surface area contributed by atoms with Crippen molar-refractivity contribution in [1.82, 2.24) is 10.2 Å². The standard InChI is InChI=1S/C12H14N2O5S/c1-8-13-14-12(19-8)7-20(15,16)11-6-9(17-2)4-5-10(11)18-3/h4-6H,7H2,1-3H3. The van der Waals surface area contributed by atoms with E-state index in [0.717, 1.165) is 0 Å². The average molecular weight is 298 g/mol. The number of hydrogen-bond donors (Lipinski definition) is 0. The maximum Gasteiger partial charge on any atom is 0.231 e. The molecule has 2 rings (SSSR count). The van der Waals surface area contributed by atoms with Gasteiger partial charge in [-0.25, -0.2) is 8.42 Å². The molecular formula is C12H14N2O5S. The van der Waals surface area contributed by atoms with Crippen LogP contribution in [0.2, 0.25) is 0 Å². The van der Waals surface area contributed by atoms with Crippen molar-refractivity contribution in [2.45, 2.75) is 17.6 Å². The van der Waals surface area contributed by atoms with Crippen molar-refractivity contribution in [3.05, 3.63) is 30.0 Å². The number of hydrogen-bond acceptors (Lipinski definition) is 7. The smallest absolute Gasteiger partial charge is 0.231 e. The Hall–Kier alpha value is -2.09. The SMILES string of the molecule is COc1ccc(OC)c(S(=O)(=O)Cc2nnc(C)o2)c1. The number of ether oxygens (including phenoxy) is 2. The maximum absolute atomic E-state index is 12.4. The van der Waals surface area contributed by atoms with Crippen molar-refractivity contribution >= 4 is 9.84 Å². The molecule has 1 aromatic heterocycles. The van der Waals surface area contributed by atoms with Gasteiger partial charge in [0.1, 0.15) is 22.1 Å². The fourth-order valence-electron chi connectivity index (χ4n) is 1.66. The number of nitrogens with zero attached hydrogens (tertiary/aromatic N) is 2. The normalized spacial score (nSPS) is 11.3. The van der Waals surface area contributed by atoms with Gasteiger partial charge >= 0.3 is 0 Å². The molecule has 0 N–H and O–H groups in total. The van der Waals surface area contributed by atoms with E-state index in [1.165, 1.54) is 26.4 Å². The van der Waals surface area contributed by atoms with Gasteiger partial charge in [0.15, 0.2) is 9.84 Å². The van der Waals surface area contributed by atoms with Gasteiger partial charge in [-0.1, -0.05) is 0 Å². The number of methoxy groups -OCH3 is 2. The molecule has 0 bridgehead atoms. The largest absolute Gasteiger partial charge is 0.497 e. The lowest BCUT2D eigenvalue weighted by molar-refractivity contribution is 0.392. The Balaban J connectivity index is 2.42. The minimum Gasteiger partial charge on any atom is -0.497 e. The molecule has 0 saturated carbocycles. The van der Waals surface area contributed by atoms with Gasteiger partial charge in [-0.05, 0) is 12.1 Å². The zero-order chi connectivity index (χ0) is 14.8. The van der Waals surface area contributed by atoms with E-state index < -0.39 is 15.6 Å². The highest BCUT2D eigenvalue weighted by Crippen LogP contribution is 2.30. The second-order valence-corrected chi connectivity index (χ2v) is 5.95. The molecule has 1 heterocycles. The monoisotopic (exact) mass is 298 g/mol. The topological polar surface area (TPSA) is 91.5 Å². The van der Waals surface area contributed by atoms with Crippen LogP contribution in [0.3, 0.4) is 0 Å². The van der Waals surface area contributed by atoms with Crippen LogP contribution in [0.25, 0.3) is 0 Å². The fourth-order valence-corrected chi connectivity index (χ4v) is 3.01. The van der Waals surface area contributed by atoms with E-state index in [4.69, 9.17) is 13.9 Å². The number of aromatic nitrogens is 2. The minimum absolute atomic E-state index is 0.0233. The highest BCUT2D eigenvalue weighted by atomic mass is 32.2. The van der Waals surface area contributed by atoms with Crippen LogP contribution in [0.1, 0.15) is 11.8 Å². The highest BCUT2D eigenvalue weighted by molar-refractivity contribution is 7.90. The Morgan fingerprint density at radius 3 is 2.50 bits per heavy atom. The third kappa shape index (κ3) is 2.90. The molecule has 20 heavy (non-hydrogen) atoms. The van der Waals surface area contributed by atoms with Crippen molar-refractivity contribution in [3.63, 3.8) is 0 Å². The van der Waals surface area contributed by atoms with Crippen LogP contribution in [0.15, 0.2) is 27.5 Å². The molecule has 8 heteroatoms. The lowest BCUT2D eigenvalue weighted by Gasteiger charge is -2.10. The number of benzene rings is 1. The first-order valence-electron chi connectivity index (χ1n) is 5.70. The van der Waals surface area contributed by atoms with Gasteiger partial charge in [0.05, 0.1) is 14.2 Å². The zero-order valence-electron chi connectivity index (χ0n) is 11.3. The van der Waals surface area contributed by atoms with E-state index in [-0.39, 0.29) is 16.5 Å². The predicted octanol–water partition coefficient (Wildman–Crippen LogP) is 1.37. The molecule has 0 aliphatic carbocycles. The number of aryl methyl sites for hydroxylation is 1. The molecule has 0 aliphatic heterocycles. The van der Waals surface area contributed by atoms with E-state index >= 15 is 0 Å². The van der Waals surface area contributed by atoms with Gasteiger partial charge in [-0.3, -0.25) is 0 Å². The van der Waals surface area contributed by atoms with Crippen molar-refractivity contribution in [2.24, 2.45) is 0 Å². The molecule has 0 amide bonds. The summed E-state index contributed by atoms with van der Waals surface area (Å²) in [7, 11) is -0.818. The van der Waals surface area contributed by atoms with Gasteiger partial charge in [0.25, 0.3) is 0 Å². The van der Waals surface area contributed by atoms with Crippen LogP contribution < -0.4 is 9.47 Å². The summed E-state index contributed by atoms with van der Waals surface area (Å²) in [5, 5.41) is 7.29. The van der Waals surface area contributed by atoms with Crippen molar-refractivity contribution in [1.29, 1.82) is 0 Å². The van der Waals surface area contributed by atoms with Crippen LogP contribution in [-0.2, 0) is 15.6 Å². The van der Waals surface area contributed by atoms with E-state index in [2.05, 4.69) is 10.2 Å². The van der Waals surface area contributed by atoms with Crippen molar-refractivity contribution in [2.75, 3.05) is 14.2 Å². The summed E-state index contributed by atoms with van der Waals surface area (Å²) in [6, 6.07) is 4.55. The quantitative estimate of drug-likeness (QED) is 0.823. The van der Waals surface area contributed by atoms with Gasteiger partial charge < -0.3 is 13.9 Å². The average Bonchev–Trinajstić information content (AvgIpc) is 2.82. The molecular weight excluding hydrogens is 284 g/mol. The van der Waals surface area contributed by atoms with Gasteiger partial charge in [-0.2, -0.15) is 0 Å². The Morgan fingerprint density at radius 2 is 1.95 bits per heavy atom. The molecule has 108 valence electrons. The Kier molecular flexibility index (Phi) is 3.93. The Morgan fingerprint density at radius 1 is 1.20 bits per heavy atom. The van der Waals surface area contributed by atoms with Crippen LogP contribution in [-0.4, -0.2) is 32.8 Å². The minimum atomic E-state index is -3.68. The van der Waals surface area contributed by atoms with Gasteiger partial charge in [-0.15, -0.1) is 10.2 Å². The summed E-state index contributed by atoms with van der Waals surface area (Å²) in [5.74, 6) is 0.616. The Labute approximate surface area is 116 Å². The summed E-state index contributed by atoms with van der Waals surface area (Å²) in [4.78, 5) is 0.0233. The molecule has 0 fully saturated rings. The van der Waals surface area contributed by atoms with Crippen LogP contribution in [0.4, 0.5) is 0 Å². The molecule has 2 aromatic rings. The van der Waals surface area contributed by atoms with Crippen molar-refractivity contribution in [3.8, 4) is 11.5 Å².